The van der Waals surface area contributed by atoms with Crippen LogP contribution in [0.1, 0.15) is 6.92 Å². The molecule has 0 fully saturated rings. The summed E-state index contributed by atoms with van der Waals surface area (Å²) in [6.45, 7) is 2.63. The number of hydrogen-bond acceptors (Lipinski definition) is 6. The van der Waals surface area contributed by atoms with E-state index < -0.39 is 4.92 Å². The molecule has 24 heavy (non-hydrogen) atoms. The molecule has 0 aliphatic heterocycles. The van der Waals surface area contributed by atoms with Gasteiger partial charge in [-0.3, -0.25) is 15.1 Å². The van der Waals surface area contributed by atoms with Gasteiger partial charge in [-0.1, -0.05) is 15.9 Å². The van der Waals surface area contributed by atoms with Gasteiger partial charge in [0.1, 0.15) is 0 Å². The highest BCUT2D eigenvalue weighted by Crippen LogP contribution is 2.36. The molecule has 0 saturated heterocycles. The van der Waals surface area contributed by atoms with Crippen LogP contribution in [0.15, 0.2) is 57.3 Å². The molecule has 3 aromatic rings. The first-order valence-electron chi connectivity index (χ1n) is 7.05. The van der Waals surface area contributed by atoms with Gasteiger partial charge in [-0.25, -0.2) is 0 Å². The number of hydrogen-bond donors (Lipinski definition) is 0. The smallest absolute Gasteiger partial charge is 0.284 e. The number of pyridine rings is 1. The second-order valence-corrected chi connectivity index (χ2v) is 6.68. The predicted molar refractivity (Wildman–Crippen MR) is 93.8 cm³/mol. The van der Waals surface area contributed by atoms with Gasteiger partial charge in [0, 0.05) is 35.0 Å². The Balaban J connectivity index is 2.00. The van der Waals surface area contributed by atoms with Crippen LogP contribution in [0, 0.1) is 10.1 Å². The molecule has 122 valence electrons. The third-order valence-corrected chi connectivity index (χ3v) is 4.83. The van der Waals surface area contributed by atoms with Gasteiger partial charge in [0.25, 0.3) is 5.69 Å². The van der Waals surface area contributed by atoms with E-state index in [1.807, 2.05) is 23.6 Å². The van der Waals surface area contributed by atoms with Gasteiger partial charge < -0.3 is 4.57 Å². The van der Waals surface area contributed by atoms with Crippen LogP contribution < -0.4 is 0 Å². The average Bonchev–Trinajstić information content (AvgIpc) is 2.99. The largest absolute Gasteiger partial charge is 0.302 e. The molecule has 7 nitrogen and oxygen atoms in total. The van der Waals surface area contributed by atoms with Crippen LogP contribution in [0.3, 0.4) is 0 Å². The lowest BCUT2D eigenvalue weighted by molar-refractivity contribution is -0.387. The Bertz CT molecular complexity index is 885. The van der Waals surface area contributed by atoms with E-state index in [1.54, 1.807) is 24.5 Å². The van der Waals surface area contributed by atoms with E-state index in [1.165, 1.54) is 17.8 Å². The molecule has 9 heteroatoms. The summed E-state index contributed by atoms with van der Waals surface area (Å²) in [4.78, 5) is 15.4. The van der Waals surface area contributed by atoms with Crippen LogP contribution in [0.2, 0.25) is 0 Å². The predicted octanol–water partition coefficient (Wildman–Crippen LogP) is 4.18. The lowest BCUT2D eigenvalue weighted by Crippen LogP contribution is -2.00. The molecule has 0 aliphatic rings. The Hall–Kier alpha value is -2.26. The molecule has 2 heterocycles. The molecule has 2 aromatic heterocycles. The summed E-state index contributed by atoms with van der Waals surface area (Å²) in [6.07, 6.45) is 3.38. The third-order valence-electron chi connectivity index (χ3n) is 3.29. The highest BCUT2D eigenvalue weighted by Gasteiger charge is 2.20. The van der Waals surface area contributed by atoms with Gasteiger partial charge in [-0.05, 0) is 43.0 Å². The van der Waals surface area contributed by atoms with Crippen LogP contribution in [0.5, 0.6) is 0 Å². The van der Waals surface area contributed by atoms with Crippen LogP contribution in [-0.2, 0) is 6.54 Å². The fourth-order valence-corrected chi connectivity index (χ4v) is 3.51. The SMILES string of the molecule is CCn1c(Sc2ccc(Br)cc2[N+](=O)[O-])nnc1-c1ccncc1. The molecular formula is C15H12BrN5O2S. The van der Waals surface area contributed by atoms with Crippen molar-refractivity contribution in [2.45, 2.75) is 23.5 Å². The fraction of sp³-hybridized carbons (Fsp3) is 0.133. The summed E-state index contributed by atoms with van der Waals surface area (Å²) in [7, 11) is 0. The zero-order valence-electron chi connectivity index (χ0n) is 12.6. The highest BCUT2D eigenvalue weighted by atomic mass is 79.9. The molecule has 0 saturated carbocycles. The van der Waals surface area contributed by atoms with E-state index in [4.69, 9.17) is 0 Å². The highest BCUT2D eigenvalue weighted by molar-refractivity contribution is 9.10. The van der Waals surface area contributed by atoms with Gasteiger partial charge >= 0.3 is 0 Å². The molecule has 0 aliphatic carbocycles. The zero-order valence-corrected chi connectivity index (χ0v) is 15.0. The Kier molecular flexibility index (Phi) is 4.91. The first-order valence-corrected chi connectivity index (χ1v) is 8.66. The molecule has 0 N–H and O–H groups in total. The Morgan fingerprint density at radius 1 is 1.25 bits per heavy atom. The number of nitro benzene ring substituents is 1. The summed E-state index contributed by atoms with van der Waals surface area (Å²) in [6, 6.07) is 8.66. The van der Waals surface area contributed by atoms with E-state index >= 15 is 0 Å². The van der Waals surface area contributed by atoms with Crippen LogP contribution in [0.25, 0.3) is 11.4 Å². The van der Waals surface area contributed by atoms with Crippen molar-refractivity contribution in [3.8, 4) is 11.4 Å². The van der Waals surface area contributed by atoms with Gasteiger partial charge in [-0.2, -0.15) is 0 Å². The van der Waals surface area contributed by atoms with Crippen molar-refractivity contribution in [2.75, 3.05) is 0 Å². The second-order valence-electron chi connectivity index (χ2n) is 4.76. The van der Waals surface area contributed by atoms with Crippen molar-refractivity contribution >= 4 is 33.4 Å². The topological polar surface area (TPSA) is 86.7 Å². The van der Waals surface area contributed by atoms with E-state index in [9.17, 15) is 10.1 Å². The number of nitrogens with zero attached hydrogens (tertiary/aromatic N) is 5. The maximum atomic E-state index is 11.3. The summed E-state index contributed by atoms with van der Waals surface area (Å²) in [5.74, 6) is 0.710. The minimum absolute atomic E-state index is 0.0329. The van der Waals surface area contributed by atoms with E-state index in [-0.39, 0.29) is 5.69 Å². The molecule has 3 rings (SSSR count). The van der Waals surface area contributed by atoms with Gasteiger partial charge in [-0.15, -0.1) is 10.2 Å². The molecule has 0 unspecified atom stereocenters. The maximum absolute atomic E-state index is 11.3. The van der Waals surface area contributed by atoms with E-state index in [2.05, 4.69) is 31.1 Å². The fourth-order valence-electron chi connectivity index (χ4n) is 2.18. The standard InChI is InChI=1S/C15H12BrN5O2S/c1-2-20-14(10-5-7-17-8-6-10)18-19-15(20)24-13-4-3-11(16)9-12(13)21(22)23/h3-9H,2H2,1H3. The Morgan fingerprint density at radius 2 is 2.00 bits per heavy atom. The number of nitro groups is 1. The first-order chi connectivity index (χ1) is 11.6. The van der Waals surface area contributed by atoms with Crippen molar-refractivity contribution in [1.82, 2.24) is 19.7 Å². The normalized spacial score (nSPS) is 10.8. The van der Waals surface area contributed by atoms with Crippen molar-refractivity contribution in [3.63, 3.8) is 0 Å². The Labute approximate surface area is 150 Å². The van der Waals surface area contributed by atoms with E-state index in [0.29, 0.717) is 26.9 Å². The maximum Gasteiger partial charge on any atom is 0.284 e. The number of rotatable bonds is 5. The summed E-state index contributed by atoms with van der Waals surface area (Å²) in [5.41, 5.74) is 0.932. The van der Waals surface area contributed by atoms with Gasteiger partial charge in [0.05, 0.1) is 9.82 Å². The number of aromatic nitrogens is 4. The average molecular weight is 406 g/mol. The molecule has 0 bridgehead atoms. The first kappa shape index (κ1) is 16.6. The molecule has 0 atom stereocenters. The number of benzene rings is 1. The van der Waals surface area contributed by atoms with E-state index in [0.717, 1.165) is 5.56 Å². The molecule has 0 amide bonds. The molecule has 0 spiro atoms. The number of halogens is 1. The van der Waals surface area contributed by atoms with Crippen molar-refractivity contribution in [3.05, 3.63) is 57.3 Å². The summed E-state index contributed by atoms with van der Waals surface area (Å²) < 4.78 is 2.58. The lowest BCUT2D eigenvalue weighted by atomic mass is 10.2. The summed E-state index contributed by atoms with van der Waals surface area (Å²) in [5, 5.41) is 20.3. The monoisotopic (exact) mass is 405 g/mol. The minimum atomic E-state index is -0.399. The van der Waals surface area contributed by atoms with Crippen molar-refractivity contribution in [2.24, 2.45) is 0 Å². The van der Waals surface area contributed by atoms with Crippen LogP contribution in [-0.4, -0.2) is 24.7 Å². The minimum Gasteiger partial charge on any atom is -0.302 e. The lowest BCUT2D eigenvalue weighted by Gasteiger charge is -2.07. The van der Waals surface area contributed by atoms with Crippen LogP contribution >= 0.6 is 27.7 Å². The second kappa shape index (κ2) is 7.10. The summed E-state index contributed by atoms with van der Waals surface area (Å²) >= 11 is 4.49. The molecule has 1 aromatic carbocycles. The zero-order chi connectivity index (χ0) is 17.1. The molecular weight excluding hydrogens is 394 g/mol. The quantitative estimate of drug-likeness (QED) is 0.467. The van der Waals surface area contributed by atoms with Crippen LogP contribution in [0.4, 0.5) is 5.69 Å². The van der Waals surface area contributed by atoms with Gasteiger partial charge in [0.2, 0.25) is 0 Å². The Morgan fingerprint density at radius 3 is 2.67 bits per heavy atom. The van der Waals surface area contributed by atoms with Crippen molar-refractivity contribution in [1.29, 1.82) is 0 Å². The van der Waals surface area contributed by atoms with Gasteiger partial charge in [0.15, 0.2) is 11.0 Å². The van der Waals surface area contributed by atoms with Crippen molar-refractivity contribution < 1.29 is 4.92 Å². The third kappa shape index (κ3) is 3.31. The molecule has 0 radical (unpaired) electrons.